The van der Waals surface area contributed by atoms with Crippen molar-refractivity contribution in [3.63, 3.8) is 0 Å². The van der Waals surface area contributed by atoms with Gasteiger partial charge in [0.1, 0.15) is 0 Å². The molecule has 1 aliphatic heterocycles. The van der Waals surface area contributed by atoms with E-state index in [1.54, 1.807) is 0 Å². The van der Waals surface area contributed by atoms with Crippen molar-refractivity contribution >= 4 is 29.9 Å². The van der Waals surface area contributed by atoms with Gasteiger partial charge in [0.05, 0.1) is 6.10 Å². The van der Waals surface area contributed by atoms with Crippen LogP contribution in [0.5, 0.6) is 0 Å². The molecule has 6 heteroatoms. The number of halogens is 1. The SMILES string of the molecule is CCNC(=NCCCOCC1CC1)NC1C2CCOC2C12CCCC2.I. The topological polar surface area (TPSA) is 54.9 Å². The quantitative estimate of drug-likeness (QED) is 0.244. The summed E-state index contributed by atoms with van der Waals surface area (Å²) in [6.07, 6.45) is 10.8. The molecule has 3 saturated carbocycles. The Morgan fingerprint density at radius 1 is 1.23 bits per heavy atom. The molecule has 4 fully saturated rings. The fourth-order valence-corrected chi connectivity index (χ4v) is 5.26. The summed E-state index contributed by atoms with van der Waals surface area (Å²) >= 11 is 0. The largest absolute Gasteiger partial charge is 0.381 e. The number of nitrogens with one attached hydrogen (secondary N) is 2. The van der Waals surface area contributed by atoms with Crippen LogP contribution in [0.4, 0.5) is 0 Å². The Bertz CT molecular complexity index is 478. The van der Waals surface area contributed by atoms with E-state index in [9.17, 15) is 0 Å². The monoisotopic (exact) mass is 477 g/mol. The minimum atomic E-state index is 0. The molecule has 3 unspecified atom stereocenters. The van der Waals surface area contributed by atoms with Gasteiger partial charge in [0.2, 0.25) is 0 Å². The van der Waals surface area contributed by atoms with Gasteiger partial charge >= 0.3 is 0 Å². The lowest BCUT2D eigenvalue weighted by Gasteiger charge is -2.57. The minimum absolute atomic E-state index is 0. The molecule has 1 spiro atoms. The predicted octanol–water partition coefficient (Wildman–Crippen LogP) is 3.32. The van der Waals surface area contributed by atoms with E-state index in [2.05, 4.69) is 17.6 Å². The predicted molar refractivity (Wildman–Crippen MR) is 115 cm³/mol. The molecule has 0 radical (unpaired) electrons. The molecule has 1 heterocycles. The van der Waals surface area contributed by atoms with Crippen LogP contribution in [-0.4, -0.2) is 51.0 Å². The summed E-state index contributed by atoms with van der Waals surface area (Å²) in [4.78, 5) is 4.81. The highest BCUT2D eigenvalue weighted by molar-refractivity contribution is 14.0. The molecular weight excluding hydrogens is 441 g/mol. The number of aliphatic imine (C=N–C) groups is 1. The summed E-state index contributed by atoms with van der Waals surface area (Å²) in [6, 6.07) is 0.548. The van der Waals surface area contributed by atoms with Crippen molar-refractivity contribution in [3.05, 3.63) is 0 Å². The Kier molecular flexibility index (Phi) is 7.48. The van der Waals surface area contributed by atoms with Gasteiger partial charge in [-0.2, -0.15) is 0 Å². The second-order valence-corrected chi connectivity index (χ2v) is 8.44. The first kappa shape index (κ1) is 20.6. The lowest BCUT2D eigenvalue weighted by Crippen LogP contribution is -2.69. The van der Waals surface area contributed by atoms with Gasteiger partial charge < -0.3 is 20.1 Å². The van der Waals surface area contributed by atoms with E-state index in [0.717, 1.165) is 51.2 Å². The number of rotatable bonds is 8. The molecule has 0 bridgehead atoms. The Hall–Kier alpha value is -0.0800. The summed E-state index contributed by atoms with van der Waals surface area (Å²) in [5.41, 5.74) is 0.380. The third-order valence-corrected chi connectivity index (χ3v) is 6.69. The van der Waals surface area contributed by atoms with E-state index < -0.39 is 0 Å². The van der Waals surface area contributed by atoms with Crippen molar-refractivity contribution in [2.24, 2.45) is 22.2 Å². The zero-order valence-corrected chi connectivity index (χ0v) is 18.5. The fourth-order valence-electron chi connectivity index (χ4n) is 5.26. The van der Waals surface area contributed by atoms with Crippen molar-refractivity contribution in [2.45, 2.75) is 70.4 Å². The summed E-state index contributed by atoms with van der Waals surface area (Å²) in [6.45, 7) is 6.63. The lowest BCUT2D eigenvalue weighted by atomic mass is 9.54. The van der Waals surface area contributed by atoms with Gasteiger partial charge in [0.15, 0.2) is 5.96 Å². The number of fused-ring (bicyclic) bond motifs is 2. The van der Waals surface area contributed by atoms with Crippen LogP contribution < -0.4 is 10.6 Å². The van der Waals surface area contributed by atoms with Gasteiger partial charge in [0.25, 0.3) is 0 Å². The second-order valence-electron chi connectivity index (χ2n) is 8.44. The van der Waals surface area contributed by atoms with E-state index in [1.807, 2.05) is 0 Å². The summed E-state index contributed by atoms with van der Waals surface area (Å²) in [7, 11) is 0. The van der Waals surface area contributed by atoms with Gasteiger partial charge in [-0.25, -0.2) is 0 Å². The Labute approximate surface area is 175 Å². The zero-order valence-electron chi connectivity index (χ0n) is 16.2. The van der Waals surface area contributed by atoms with Gasteiger partial charge in [-0.05, 0) is 51.4 Å². The van der Waals surface area contributed by atoms with Crippen LogP contribution in [0.1, 0.15) is 58.3 Å². The molecule has 150 valence electrons. The molecule has 4 rings (SSSR count). The van der Waals surface area contributed by atoms with Gasteiger partial charge in [-0.3, -0.25) is 4.99 Å². The molecule has 1 saturated heterocycles. The van der Waals surface area contributed by atoms with E-state index >= 15 is 0 Å². The average Bonchev–Trinajstić information content (AvgIpc) is 3.11. The highest BCUT2D eigenvalue weighted by Gasteiger charge is 2.65. The molecule has 3 aliphatic carbocycles. The molecule has 4 aliphatic rings. The number of ether oxygens (including phenoxy) is 2. The van der Waals surface area contributed by atoms with Crippen LogP contribution in [0.3, 0.4) is 0 Å². The van der Waals surface area contributed by atoms with Crippen molar-refractivity contribution in [2.75, 3.05) is 32.9 Å². The standard InChI is InChI=1S/C20H35N3O2.HI/c1-2-21-19(22-11-5-12-24-14-15-6-7-15)23-17-16-8-13-25-18(16)20(17)9-3-4-10-20;/h15-18H,2-14H2,1H3,(H2,21,22,23);1H. The molecule has 26 heavy (non-hydrogen) atoms. The summed E-state index contributed by atoms with van der Waals surface area (Å²) < 4.78 is 11.8. The molecular formula is C20H36IN3O2. The van der Waals surface area contributed by atoms with Crippen molar-refractivity contribution in [1.29, 1.82) is 0 Å². The van der Waals surface area contributed by atoms with Crippen LogP contribution >= 0.6 is 24.0 Å². The van der Waals surface area contributed by atoms with Gasteiger partial charge in [-0.15, -0.1) is 24.0 Å². The van der Waals surface area contributed by atoms with E-state index in [-0.39, 0.29) is 24.0 Å². The first-order valence-electron chi connectivity index (χ1n) is 10.6. The normalized spacial score (nSPS) is 32.0. The zero-order chi connectivity index (χ0) is 17.1. The van der Waals surface area contributed by atoms with E-state index in [4.69, 9.17) is 14.5 Å². The Morgan fingerprint density at radius 2 is 2.04 bits per heavy atom. The average molecular weight is 477 g/mol. The molecule has 0 amide bonds. The molecule has 3 atom stereocenters. The van der Waals surface area contributed by atoms with Crippen molar-refractivity contribution < 1.29 is 9.47 Å². The smallest absolute Gasteiger partial charge is 0.191 e. The van der Waals surface area contributed by atoms with Crippen molar-refractivity contribution in [3.8, 4) is 0 Å². The Balaban J connectivity index is 0.00000196. The molecule has 0 aromatic rings. The molecule has 2 N–H and O–H groups in total. The Morgan fingerprint density at radius 3 is 2.77 bits per heavy atom. The number of hydrogen-bond donors (Lipinski definition) is 2. The third kappa shape index (κ3) is 4.32. The van der Waals surface area contributed by atoms with Crippen LogP contribution in [0.25, 0.3) is 0 Å². The third-order valence-electron chi connectivity index (χ3n) is 6.69. The number of hydrogen-bond acceptors (Lipinski definition) is 3. The van der Waals surface area contributed by atoms with E-state index in [1.165, 1.54) is 44.9 Å². The first-order chi connectivity index (χ1) is 12.3. The van der Waals surface area contributed by atoms with Gasteiger partial charge in [-0.1, -0.05) is 12.8 Å². The minimum Gasteiger partial charge on any atom is -0.381 e. The van der Waals surface area contributed by atoms with Crippen LogP contribution in [0, 0.1) is 17.3 Å². The van der Waals surface area contributed by atoms with Crippen molar-refractivity contribution in [1.82, 2.24) is 10.6 Å². The molecule has 0 aromatic carbocycles. The maximum atomic E-state index is 6.09. The second kappa shape index (κ2) is 9.41. The summed E-state index contributed by atoms with van der Waals surface area (Å²) in [5.74, 6) is 2.53. The first-order valence-corrected chi connectivity index (χ1v) is 10.6. The fraction of sp³-hybridized carbons (Fsp3) is 0.950. The van der Waals surface area contributed by atoms with Crippen LogP contribution in [-0.2, 0) is 9.47 Å². The van der Waals surface area contributed by atoms with Crippen LogP contribution in [0.2, 0.25) is 0 Å². The van der Waals surface area contributed by atoms with Crippen LogP contribution in [0.15, 0.2) is 4.99 Å². The maximum Gasteiger partial charge on any atom is 0.191 e. The van der Waals surface area contributed by atoms with E-state index in [0.29, 0.717) is 23.5 Å². The number of nitrogens with zero attached hydrogens (tertiary/aromatic N) is 1. The number of guanidine groups is 1. The molecule has 0 aromatic heterocycles. The highest BCUT2D eigenvalue weighted by Crippen LogP contribution is 2.60. The summed E-state index contributed by atoms with van der Waals surface area (Å²) in [5, 5.41) is 7.24. The lowest BCUT2D eigenvalue weighted by molar-refractivity contribution is -0.125. The molecule has 5 nitrogen and oxygen atoms in total. The maximum absolute atomic E-state index is 6.09. The van der Waals surface area contributed by atoms with Gasteiger partial charge in [0, 0.05) is 50.3 Å². The highest BCUT2D eigenvalue weighted by atomic mass is 127.